The lowest BCUT2D eigenvalue weighted by Gasteiger charge is -2.03. The number of rotatable bonds is 4. The van der Waals surface area contributed by atoms with E-state index in [0.29, 0.717) is 0 Å². The second-order valence-electron chi connectivity index (χ2n) is 3.16. The van der Waals surface area contributed by atoms with E-state index in [-0.39, 0.29) is 0 Å². The Kier molecular flexibility index (Phi) is 3.65. The van der Waals surface area contributed by atoms with Crippen LogP contribution in [0.4, 0.5) is 5.69 Å². The van der Waals surface area contributed by atoms with E-state index in [9.17, 15) is 0 Å². The smallest absolute Gasteiger partial charge is 0.0346 e. The summed E-state index contributed by atoms with van der Waals surface area (Å²) in [7, 11) is 0. The Bertz CT molecular complexity index is 230. The van der Waals surface area contributed by atoms with Gasteiger partial charge in [-0.3, -0.25) is 0 Å². The molecule has 0 amide bonds. The molecule has 12 heavy (non-hydrogen) atoms. The van der Waals surface area contributed by atoms with Crippen LogP contribution in [0, 0.1) is 0 Å². The third-order valence-electron chi connectivity index (χ3n) is 2.10. The van der Waals surface area contributed by atoms with E-state index < -0.39 is 0 Å². The number of anilines is 1. The van der Waals surface area contributed by atoms with Crippen molar-refractivity contribution in [3.05, 3.63) is 29.8 Å². The minimum Gasteiger partial charge on any atom is -0.399 e. The van der Waals surface area contributed by atoms with Gasteiger partial charge in [0.05, 0.1) is 0 Å². The highest BCUT2D eigenvalue weighted by Crippen LogP contribution is 2.13. The lowest BCUT2D eigenvalue weighted by molar-refractivity contribution is 0.718. The minimum absolute atomic E-state index is 0.939. The second kappa shape index (κ2) is 4.81. The summed E-state index contributed by atoms with van der Waals surface area (Å²) >= 11 is 0. The molecule has 0 aliphatic carbocycles. The Hall–Kier alpha value is -0.980. The Balaban J connectivity index is 2.46. The van der Waals surface area contributed by atoms with Crippen molar-refractivity contribution in [3.8, 4) is 0 Å². The standard InChI is InChI=1S/C11H17N/c1-2-3-4-7-10-8-5-6-9-11(10)12/h5-6,8-9H,2-4,7,12H2,1H3. The van der Waals surface area contributed by atoms with Crippen LogP contribution >= 0.6 is 0 Å². The maximum Gasteiger partial charge on any atom is 0.0346 e. The number of nitrogens with two attached hydrogens (primary N) is 1. The van der Waals surface area contributed by atoms with E-state index in [1.54, 1.807) is 0 Å². The summed E-state index contributed by atoms with van der Waals surface area (Å²) in [6.07, 6.45) is 4.95. The summed E-state index contributed by atoms with van der Waals surface area (Å²) in [5.74, 6) is 0. The molecule has 0 aliphatic heterocycles. The average molecular weight is 163 g/mol. The van der Waals surface area contributed by atoms with Crippen molar-refractivity contribution in [3.63, 3.8) is 0 Å². The maximum absolute atomic E-state index is 5.80. The van der Waals surface area contributed by atoms with Crippen molar-refractivity contribution < 1.29 is 0 Å². The van der Waals surface area contributed by atoms with E-state index in [4.69, 9.17) is 5.73 Å². The normalized spacial score (nSPS) is 10.1. The van der Waals surface area contributed by atoms with Crippen LogP contribution in [0.2, 0.25) is 0 Å². The first-order valence-corrected chi connectivity index (χ1v) is 4.68. The molecule has 1 aromatic rings. The molecule has 0 radical (unpaired) electrons. The quantitative estimate of drug-likeness (QED) is 0.536. The van der Waals surface area contributed by atoms with Crippen LogP contribution in [0.25, 0.3) is 0 Å². The number of hydrogen-bond acceptors (Lipinski definition) is 1. The molecular formula is C11H17N. The van der Waals surface area contributed by atoms with Gasteiger partial charge >= 0.3 is 0 Å². The predicted molar refractivity (Wildman–Crippen MR) is 54.1 cm³/mol. The molecule has 0 saturated heterocycles. The Morgan fingerprint density at radius 3 is 2.58 bits per heavy atom. The molecule has 1 heteroatoms. The molecule has 0 unspecified atom stereocenters. The van der Waals surface area contributed by atoms with Crippen molar-refractivity contribution in [2.24, 2.45) is 0 Å². The zero-order chi connectivity index (χ0) is 8.81. The van der Waals surface area contributed by atoms with Gasteiger partial charge in [-0.15, -0.1) is 0 Å². The fourth-order valence-electron chi connectivity index (χ4n) is 1.33. The molecule has 66 valence electrons. The topological polar surface area (TPSA) is 26.0 Å². The van der Waals surface area contributed by atoms with E-state index in [1.165, 1.54) is 24.8 Å². The minimum atomic E-state index is 0.939. The average Bonchev–Trinajstić information content (AvgIpc) is 2.09. The van der Waals surface area contributed by atoms with E-state index >= 15 is 0 Å². The number of para-hydroxylation sites is 1. The van der Waals surface area contributed by atoms with Crippen molar-refractivity contribution in [2.75, 3.05) is 5.73 Å². The first kappa shape index (κ1) is 9.11. The Labute approximate surface area is 74.6 Å². The van der Waals surface area contributed by atoms with Gasteiger partial charge in [0.15, 0.2) is 0 Å². The monoisotopic (exact) mass is 163 g/mol. The van der Waals surface area contributed by atoms with Crippen LogP contribution in [0.3, 0.4) is 0 Å². The van der Waals surface area contributed by atoms with Gasteiger partial charge in [0.1, 0.15) is 0 Å². The molecule has 1 rings (SSSR count). The molecule has 0 spiro atoms. The van der Waals surface area contributed by atoms with Gasteiger partial charge in [-0.05, 0) is 24.5 Å². The van der Waals surface area contributed by atoms with Gasteiger partial charge < -0.3 is 5.73 Å². The van der Waals surface area contributed by atoms with Crippen molar-refractivity contribution in [1.82, 2.24) is 0 Å². The molecule has 0 aliphatic rings. The summed E-state index contributed by atoms with van der Waals surface area (Å²) < 4.78 is 0. The summed E-state index contributed by atoms with van der Waals surface area (Å²) in [5.41, 5.74) is 8.04. The summed E-state index contributed by atoms with van der Waals surface area (Å²) in [6, 6.07) is 8.13. The molecule has 2 N–H and O–H groups in total. The number of hydrogen-bond donors (Lipinski definition) is 1. The molecule has 0 atom stereocenters. The zero-order valence-electron chi connectivity index (χ0n) is 7.72. The SMILES string of the molecule is CCCCCc1ccccc1N. The summed E-state index contributed by atoms with van der Waals surface area (Å²) in [4.78, 5) is 0. The fraction of sp³-hybridized carbons (Fsp3) is 0.455. The molecule has 1 aromatic carbocycles. The highest BCUT2D eigenvalue weighted by molar-refractivity contribution is 5.46. The molecule has 0 saturated carbocycles. The number of unbranched alkanes of at least 4 members (excludes halogenated alkanes) is 2. The van der Waals surface area contributed by atoms with E-state index in [2.05, 4.69) is 19.1 Å². The fourth-order valence-corrected chi connectivity index (χ4v) is 1.33. The first-order valence-electron chi connectivity index (χ1n) is 4.68. The predicted octanol–water partition coefficient (Wildman–Crippen LogP) is 3.00. The van der Waals surface area contributed by atoms with Crippen molar-refractivity contribution >= 4 is 5.69 Å². The zero-order valence-corrected chi connectivity index (χ0v) is 7.72. The van der Waals surface area contributed by atoms with Crippen LogP contribution in [-0.2, 0) is 6.42 Å². The molecule has 0 fully saturated rings. The molecular weight excluding hydrogens is 146 g/mol. The lowest BCUT2D eigenvalue weighted by Crippen LogP contribution is -1.93. The van der Waals surface area contributed by atoms with Crippen LogP contribution < -0.4 is 5.73 Å². The molecule has 0 heterocycles. The Morgan fingerprint density at radius 2 is 1.92 bits per heavy atom. The van der Waals surface area contributed by atoms with Crippen molar-refractivity contribution in [1.29, 1.82) is 0 Å². The second-order valence-corrected chi connectivity index (χ2v) is 3.16. The molecule has 0 bridgehead atoms. The van der Waals surface area contributed by atoms with Crippen LogP contribution in [0.15, 0.2) is 24.3 Å². The largest absolute Gasteiger partial charge is 0.399 e. The molecule has 0 aromatic heterocycles. The lowest BCUT2D eigenvalue weighted by atomic mass is 10.1. The third kappa shape index (κ3) is 2.57. The van der Waals surface area contributed by atoms with Crippen LogP contribution in [-0.4, -0.2) is 0 Å². The number of aryl methyl sites for hydroxylation is 1. The number of nitrogen functional groups attached to an aromatic ring is 1. The van der Waals surface area contributed by atoms with E-state index in [0.717, 1.165) is 12.1 Å². The third-order valence-corrected chi connectivity index (χ3v) is 2.10. The first-order chi connectivity index (χ1) is 5.84. The van der Waals surface area contributed by atoms with Gasteiger partial charge in [0, 0.05) is 5.69 Å². The van der Waals surface area contributed by atoms with Crippen LogP contribution in [0.1, 0.15) is 31.7 Å². The Morgan fingerprint density at radius 1 is 1.17 bits per heavy atom. The van der Waals surface area contributed by atoms with Gasteiger partial charge in [-0.1, -0.05) is 38.0 Å². The molecule has 1 nitrogen and oxygen atoms in total. The maximum atomic E-state index is 5.80. The van der Waals surface area contributed by atoms with Crippen LogP contribution in [0.5, 0.6) is 0 Å². The van der Waals surface area contributed by atoms with E-state index in [1.807, 2.05) is 12.1 Å². The number of benzene rings is 1. The van der Waals surface area contributed by atoms with Gasteiger partial charge in [-0.2, -0.15) is 0 Å². The van der Waals surface area contributed by atoms with Crippen molar-refractivity contribution in [2.45, 2.75) is 32.6 Å². The highest BCUT2D eigenvalue weighted by atomic mass is 14.6. The summed E-state index contributed by atoms with van der Waals surface area (Å²) in [6.45, 7) is 2.22. The summed E-state index contributed by atoms with van der Waals surface area (Å²) in [5, 5.41) is 0. The van der Waals surface area contributed by atoms with Gasteiger partial charge in [-0.25, -0.2) is 0 Å². The van der Waals surface area contributed by atoms with Gasteiger partial charge in [0.2, 0.25) is 0 Å². The highest BCUT2D eigenvalue weighted by Gasteiger charge is 1.95. The van der Waals surface area contributed by atoms with Gasteiger partial charge in [0.25, 0.3) is 0 Å².